The van der Waals surface area contributed by atoms with Gasteiger partial charge in [-0.1, -0.05) is 13.3 Å². The van der Waals surface area contributed by atoms with Crippen molar-refractivity contribution in [1.29, 1.82) is 0 Å². The van der Waals surface area contributed by atoms with E-state index in [-0.39, 0.29) is 5.60 Å². The van der Waals surface area contributed by atoms with E-state index in [2.05, 4.69) is 13.8 Å². The van der Waals surface area contributed by atoms with Crippen LogP contribution in [0.4, 0.5) is 0 Å². The summed E-state index contributed by atoms with van der Waals surface area (Å²) in [7, 11) is 0. The van der Waals surface area contributed by atoms with Crippen LogP contribution in [0.25, 0.3) is 0 Å². The van der Waals surface area contributed by atoms with Gasteiger partial charge in [-0.15, -0.1) is 0 Å². The fraction of sp³-hybridized carbons (Fsp3) is 1.00. The molecule has 0 aromatic heterocycles. The molecule has 4 rings (SSSR count). The smallest absolute Gasteiger partial charge is 0.0622 e. The monoisotopic (exact) mass is 319 g/mol. The van der Waals surface area contributed by atoms with Crippen LogP contribution in [-0.2, 0) is 0 Å². The zero-order valence-corrected chi connectivity index (χ0v) is 15.3. The molecule has 0 amide bonds. The van der Waals surface area contributed by atoms with Crippen LogP contribution in [0.5, 0.6) is 0 Å². The average Bonchev–Trinajstić information content (AvgIpc) is 2.52. The fourth-order valence-corrected chi connectivity index (χ4v) is 7.78. The fourth-order valence-electron chi connectivity index (χ4n) is 7.78. The number of fused-ring (bicyclic) bond motifs is 5. The standard InChI is InChI=1S/C21H37NO/c1-20(23)10-8-16-14(12-20)6-7-18-17(16)9-11-21(2)15(13-22)4-3-5-19(18)21/h14-19,23H,3-13,22H2,1-2H3/t14-,15-,16+,17-,18-,19+,20-,21-/m1/s1. The minimum absolute atomic E-state index is 0.382. The first kappa shape index (κ1) is 16.4. The van der Waals surface area contributed by atoms with E-state index in [1.165, 1.54) is 51.4 Å². The molecule has 2 heteroatoms. The molecule has 4 aliphatic rings. The Kier molecular flexibility index (Phi) is 4.08. The van der Waals surface area contributed by atoms with E-state index >= 15 is 0 Å². The molecular formula is C21H37NO. The zero-order valence-electron chi connectivity index (χ0n) is 15.3. The summed E-state index contributed by atoms with van der Waals surface area (Å²) in [5.41, 5.74) is 6.32. The molecule has 0 unspecified atom stereocenters. The SMILES string of the molecule is C[C@@]1(O)CC[C@H]2[C@H](CC[C@@H]3[C@@H]2CC[C@]2(C)[C@@H](CN)CCC[C@@H]32)C1. The van der Waals surface area contributed by atoms with Crippen molar-refractivity contribution in [2.24, 2.45) is 46.7 Å². The van der Waals surface area contributed by atoms with Crippen LogP contribution in [0.3, 0.4) is 0 Å². The maximum absolute atomic E-state index is 10.5. The number of hydrogen-bond donors (Lipinski definition) is 2. The molecule has 0 bridgehead atoms. The molecule has 132 valence electrons. The van der Waals surface area contributed by atoms with E-state index in [0.717, 1.165) is 54.9 Å². The molecule has 0 radical (unpaired) electrons. The highest BCUT2D eigenvalue weighted by molar-refractivity contribution is 5.05. The Labute approximate surface area is 142 Å². The molecule has 4 saturated carbocycles. The van der Waals surface area contributed by atoms with Gasteiger partial charge in [0, 0.05) is 0 Å². The van der Waals surface area contributed by atoms with Gasteiger partial charge >= 0.3 is 0 Å². The summed E-state index contributed by atoms with van der Waals surface area (Å²) in [6.45, 7) is 5.56. The van der Waals surface area contributed by atoms with Crippen molar-refractivity contribution in [1.82, 2.24) is 0 Å². The molecule has 8 atom stereocenters. The molecule has 4 aliphatic carbocycles. The van der Waals surface area contributed by atoms with Crippen molar-refractivity contribution in [3.8, 4) is 0 Å². The summed E-state index contributed by atoms with van der Waals surface area (Å²) in [5, 5.41) is 10.5. The van der Waals surface area contributed by atoms with Gasteiger partial charge in [0.1, 0.15) is 0 Å². The van der Waals surface area contributed by atoms with Gasteiger partial charge in [-0.05, 0) is 112 Å². The Morgan fingerprint density at radius 1 is 0.913 bits per heavy atom. The Morgan fingerprint density at radius 3 is 2.48 bits per heavy atom. The molecular weight excluding hydrogens is 282 g/mol. The normalized spacial score (nSPS) is 56.3. The summed E-state index contributed by atoms with van der Waals surface area (Å²) in [5.74, 6) is 5.35. The quantitative estimate of drug-likeness (QED) is 0.754. The predicted octanol–water partition coefficient (Wildman–Crippen LogP) is 4.36. The number of aliphatic hydroxyl groups is 1. The summed E-state index contributed by atoms with van der Waals surface area (Å²) in [6.07, 6.45) is 13.3. The second-order valence-electron chi connectivity index (χ2n) is 10.1. The Bertz CT molecular complexity index is 447. The van der Waals surface area contributed by atoms with Crippen LogP contribution >= 0.6 is 0 Å². The molecule has 0 aromatic rings. The van der Waals surface area contributed by atoms with E-state index in [1.807, 2.05) is 0 Å². The number of rotatable bonds is 1. The molecule has 0 spiro atoms. The predicted molar refractivity (Wildman–Crippen MR) is 94.9 cm³/mol. The van der Waals surface area contributed by atoms with Crippen molar-refractivity contribution >= 4 is 0 Å². The summed E-state index contributed by atoms with van der Waals surface area (Å²) in [4.78, 5) is 0. The minimum atomic E-state index is -0.382. The lowest BCUT2D eigenvalue weighted by Gasteiger charge is -2.61. The molecule has 0 heterocycles. The van der Waals surface area contributed by atoms with Crippen LogP contribution in [-0.4, -0.2) is 17.3 Å². The Balaban J connectivity index is 1.55. The van der Waals surface area contributed by atoms with E-state index in [0.29, 0.717) is 5.41 Å². The maximum Gasteiger partial charge on any atom is 0.0622 e. The number of hydrogen-bond acceptors (Lipinski definition) is 2. The lowest BCUT2D eigenvalue weighted by molar-refractivity contribution is -0.125. The zero-order chi connectivity index (χ0) is 16.2. The third-order valence-electron chi connectivity index (χ3n) is 8.96. The van der Waals surface area contributed by atoms with Crippen molar-refractivity contribution < 1.29 is 5.11 Å². The minimum Gasteiger partial charge on any atom is -0.390 e. The second-order valence-corrected chi connectivity index (χ2v) is 10.1. The molecule has 2 nitrogen and oxygen atoms in total. The highest BCUT2D eigenvalue weighted by atomic mass is 16.3. The van der Waals surface area contributed by atoms with Crippen LogP contribution in [0.15, 0.2) is 0 Å². The lowest BCUT2D eigenvalue weighted by atomic mass is 9.45. The van der Waals surface area contributed by atoms with E-state index in [9.17, 15) is 5.11 Å². The molecule has 0 aromatic carbocycles. The van der Waals surface area contributed by atoms with Gasteiger partial charge in [-0.2, -0.15) is 0 Å². The Morgan fingerprint density at radius 2 is 1.70 bits per heavy atom. The van der Waals surface area contributed by atoms with E-state index < -0.39 is 0 Å². The van der Waals surface area contributed by atoms with Gasteiger partial charge in [0.2, 0.25) is 0 Å². The van der Waals surface area contributed by atoms with Crippen LogP contribution < -0.4 is 5.73 Å². The van der Waals surface area contributed by atoms with Gasteiger partial charge in [0.25, 0.3) is 0 Å². The van der Waals surface area contributed by atoms with Crippen LogP contribution in [0.1, 0.15) is 78.1 Å². The summed E-state index contributed by atoms with van der Waals surface area (Å²) >= 11 is 0. The molecule has 23 heavy (non-hydrogen) atoms. The van der Waals surface area contributed by atoms with Crippen LogP contribution in [0, 0.1) is 40.9 Å². The largest absolute Gasteiger partial charge is 0.390 e. The summed E-state index contributed by atoms with van der Waals surface area (Å²) < 4.78 is 0. The van der Waals surface area contributed by atoms with Gasteiger partial charge in [-0.3, -0.25) is 0 Å². The Hall–Kier alpha value is -0.0800. The third-order valence-corrected chi connectivity index (χ3v) is 8.96. The van der Waals surface area contributed by atoms with Gasteiger partial charge in [0.15, 0.2) is 0 Å². The summed E-state index contributed by atoms with van der Waals surface area (Å²) in [6, 6.07) is 0. The molecule has 0 saturated heterocycles. The maximum atomic E-state index is 10.5. The van der Waals surface area contributed by atoms with Crippen molar-refractivity contribution in [3.05, 3.63) is 0 Å². The van der Waals surface area contributed by atoms with Crippen molar-refractivity contribution in [2.45, 2.75) is 83.7 Å². The highest BCUT2D eigenvalue weighted by Gasteiger charge is 2.55. The van der Waals surface area contributed by atoms with E-state index in [1.54, 1.807) is 0 Å². The highest BCUT2D eigenvalue weighted by Crippen LogP contribution is 2.63. The molecule has 3 N–H and O–H groups in total. The van der Waals surface area contributed by atoms with Crippen LogP contribution in [0.2, 0.25) is 0 Å². The van der Waals surface area contributed by atoms with Crippen molar-refractivity contribution in [2.75, 3.05) is 6.54 Å². The van der Waals surface area contributed by atoms with Gasteiger partial charge in [0.05, 0.1) is 5.60 Å². The first-order valence-electron chi connectivity index (χ1n) is 10.4. The third kappa shape index (κ3) is 2.59. The average molecular weight is 320 g/mol. The number of nitrogens with two attached hydrogens (primary N) is 1. The lowest BCUT2D eigenvalue weighted by Crippen LogP contribution is -2.54. The second kappa shape index (κ2) is 5.73. The van der Waals surface area contributed by atoms with E-state index in [4.69, 9.17) is 5.73 Å². The van der Waals surface area contributed by atoms with Crippen molar-refractivity contribution in [3.63, 3.8) is 0 Å². The first-order valence-corrected chi connectivity index (χ1v) is 10.4. The topological polar surface area (TPSA) is 46.2 Å². The first-order chi connectivity index (χ1) is 10.9. The molecule has 4 fully saturated rings. The van der Waals surface area contributed by atoms with Gasteiger partial charge in [-0.25, -0.2) is 0 Å². The molecule has 0 aliphatic heterocycles. The van der Waals surface area contributed by atoms with Gasteiger partial charge < -0.3 is 10.8 Å².